The van der Waals surface area contributed by atoms with Crippen LogP contribution in [0.15, 0.2) is 9.59 Å². The quantitative estimate of drug-likeness (QED) is 0.814. The van der Waals surface area contributed by atoms with Gasteiger partial charge in [-0.15, -0.1) is 0 Å². The molecule has 0 aromatic carbocycles. The predicted octanol–water partition coefficient (Wildman–Crippen LogP) is -0.430. The van der Waals surface area contributed by atoms with Gasteiger partial charge in [0, 0.05) is 27.2 Å². The van der Waals surface area contributed by atoms with Crippen LogP contribution in [0.2, 0.25) is 0 Å². The van der Waals surface area contributed by atoms with Gasteiger partial charge in [-0.1, -0.05) is 0 Å². The zero-order valence-electron chi connectivity index (χ0n) is 13.3. The number of rotatable bonds is 2. The molecule has 2 atom stereocenters. The van der Waals surface area contributed by atoms with E-state index in [2.05, 4.69) is 14.9 Å². The molecule has 8 heteroatoms. The number of nitrogens with zero attached hydrogens (tertiary/aromatic N) is 4. The number of morpholine rings is 1. The predicted molar refractivity (Wildman–Crippen MR) is 81.9 cm³/mol. The zero-order valence-corrected chi connectivity index (χ0v) is 13.3. The second kappa shape index (κ2) is 5.36. The molecule has 2 aromatic rings. The SMILES string of the molecule is C[C@H]1CN(Cc2nc3c([nH]2)c(=O)n(C)c(=O)n3C)C[C@H](C)O1. The summed E-state index contributed by atoms with van der Waals surface area (Å²) >= 11 is 0. The van der Waals surface area contributed by atoms with Crippen molar-refractivity contribution in [3.05, 3.63) is 26.7 Å². The van der Waals surface area contributed by atoms with Crippen LogP contribution in [0.1, 0.15) is 19.7 Å². The van der Waals surface area contributed by atoms with Gasteiger partial charge in [0.2, 0.25) is 0 Å². The van der Waals surface area contributed by atoms with E-state index in [0.29, 0.717) is 23.5 Å². The molecule has 1 N–H and O–H groups in total. The minimum Gasteiger partial charge on any atom is -0.373 e. The zero-order chi connectivity index (χ0) is 16.0. The average Bonchev–Trinajstić information content (AvgIpc) is 2.85. The third-order valence-electron chi connectivity index (χ3n) is 4.01. The molecule has 22 heavy (non-hydrogen) atoms. The number of fused-ring (bicyclic) bond motifs is 1. The normalized spacial score (nSPS) is 23.3. The van der Waals surface area contributed by atoms with Crippen LogP contribution in [0, 0.1) is 0 Å². The molecule has 0 radical (unpaired) electrons. The van der Waals surface area contributed by atoms with Crippen molar-refractivity contribution in [1.82, 2.24) is 24.0 Å². The molecule has 120 valence electrons. The van der Waals surface area contributed by atoms with Crippen LogP contribution in [0.4, 0.5) is 0 Å². The third kappa shape index (κ3) is 2.48. The van der Waals surface area contributed by atoms with E-state index in [1.165, 1.54) is 11.6 Å². The Morgan fingerprint density at radius 2 is 1.82 bits per heavy atom. The van der Waals surface area contributed by atoms with Crippen LogP contribution < -0.4 is 11.2 Å². The highest BCUT2D eigenvalue weighted by atomic mass is 16.5. The summed E-state index contributed by atoms with van der Waals surface area (Å²) in [7, 11) is 3.09. The highest BCUT2D eigenvalue weighted by Gasteiger charge is 2.23. The van der Waals surface area contributed by atoms with Crippen molar-refractivity contribution in [3.63, 3.8) is 0 Å². The van der Waals surface area contributed by atoms with Crippen molar-refractivity contribution in [1.29, 1.82) is 0 Å². The molecule has 1 aliphatic heterocycles. The molecule has 0 amide bonds. The molecule has 8 nitrogen and oxygen atoms in total. The number of nitrogens with one attached hydrogen (secondary N) is 1. The Labute approximate surface area is 127 Å². The third-order valence-corrected chi connectivity index (χ3v) is 4.01. The van der Waals surface area contributed by atoms with Gasteiger partial charge in [0.1, 0.15) is 11.3 Å². The van der Waals surface area contributed by atoms with Crippen molar-refractivity contribution in [2.75, 3.05) is 13.1 Å². The first-order chi connectivity index (χ1) is 10.4. The number of aryl methyl sites for hydroxylation is 1. The Balaban J connectivity index is 1.96. The number of hydrogen-bond acceptors (Lipinski definition) is 5. The van der Waals surface area contributed by atoms with E-state index < -0.39 is 0 Å². The second-order valence-corrected chi connectivity index (χ2v) is 6.04. The van der Waals surface area contributed by atoms with Gasteiger partial charge in [-0.2, -0.15) is 0 Å². The smallest absolute Gasteiger partial charge is 0.332 e. The summed E-state index contributed by atoms with van der Waals surface area (Å²) < 4.78 is 8.19. The first kappa shape index (κ1) is 15.0. The molecule has 2 aromatic heterocycles. The van der Waals surface area contributed by atoms with Gasteiger partial charge in [0.15, 0.2) is 5.65 Å². The lowest BCUT2D eigenvalue weighted by atomic mass is 10.2. The van der Waals surface area contributed by atoms with Crippen LogP contribution in [0.3, 0.4) is 0 Å². The fourth-order valence-corrected chi connectivity index (χ4v) is 3.07. The Morgan fingerprint density at radius 1 is 1.18 bits per heavy atom. The fraction of sp³-hybridized carbons (Fsp3) is 0.643. The lowest BCUT2D eigenvalue weighted by Crippen LogP contribution is -2.45. The summed E-state index contributed by atoms with van der Waals surface area (Å²) in [5.41, 5.74) is 0.0520. The molecule has 0 saturated carbocycles. The summed E-state index contributed by atoms with van der Waals surface area (Å²) in [6.07, 6.45) is 0.343. The Morgan fingerprint density at radius 3 is 2.45 bits per heavy atom. The van der Waals surface area contributed by atoms with Gasteiger partial charge in [-0.25, -0.2) is 9.78 Å². The van der Waals surface area contributed by atoms with Crippen molar-refractivity contribution >= 4 is 11.2 Å². The molecule has 0 bridgehead atoms. The van der Waals surface area contributed by atoms with E-state index in [1.54, 1.807) is 7.05 Å². The Hall–Kier alpha value is -1.93. The summed E-state index contributed by atoms with van der Waals surface area (Å²) in [6, 6.07) is 0. The first-order valence-corrected chi connectivity index (χ1v) is 7.39. The number of ether oxygens (including phenoxy) is 1. The Bertz CT molecular complexity index is 808. The van der Waals surface area contributed by atoms with Crippen molar-refractivity contribution in [2.24, 2.45) is 14.1 Å². The van der Waals surface area contributed by atoms with Crippen LogP contribution in [0.25, 0.3) is 11.2 Å². The van der Waals surface area contributed by atoms with Gasteiger partial charge in [-0.3, -0.25) is 18.8 Å². The molecule has 0 spiro atoms. The van der Waals surface area contributed by atoms with Gasteiger partial charge in [0.05, 0.1) is 18.8 Å². The average molecular weight is 307 g/mol. The minimum absolute atomic E-state index is 0.172. The van der Waals surface area contributed by atoms with Crippen LogP contribution in [0.5, 0.6) is 0 Å². The molecule has 1 saturated heterocycles. The molecule has 0 aliphatic carbocycles. The molecular weight excluding hydrogens is 286 g/mol. The van der Waals surface area contributed by atoms with E-state index >= 15 is 0 Å². The monoisotopic (exact) mass is 307 g/mol. The van der Waals surface area contributed by atoms with Crippen LogP contribution >= 0.6 is 0 Å². The molecule has 3 rings (SSSR count). The minimum atomic E-state index is -0.371. The van der Waals surface area contributed by atoms with E-state index in [1.807, 2.05) is 13.8 Å². The molecule has 0 unspecified atom stereocenters. The largest absolute Gasteiger partial charge is 0.373 e. The molecular formula is C14H21N5O3. The number of hydrogen-bond donors (Lipinski definition) is 1. The lowest BCUT2D eigenvalue weighted by Gasteiger charge is -2.34. The fourth-order valence-electron chi connectivity index (χ4n) is 3.07. The molecule has 3 heterocycles. The number of aromatic amines is 1. The topological polar surface area (TPSA) is 85.2 Å². The van der Waals surface area contributed by atoms with Gasteiger partial charge < -0.3 is 9.72 Å². The standard InChI is InChI=1S/C14H21N5O3/c1-8-5-19(6-9(2)22-8)7-10-15-11-12(16-10)17(3)14(21)18(4)13(11)20/h8-9H,5-7H2,1-4H3,(H,15,16)/t8-,9-/m0/s1. The van der Waals surface area contributed by atoms with Gasteiger partial charge in [-0.05, 0) is 13.8 Å². The maximum atomic E-state index is 12.2. The summed E-state index contributed by atoms with van der Waals surface area (Å²) in [5.74, 6) is 0.689. The number of H-pyrrole nitrogens is 1. The first-order valence-electron chi connectivity index (χ1n) is 7.39. The van der Waals surface area contributed by atoms with Crippen LogP contribution in [-0.2, 0) is 25.4 Å². The second-order valence-electron chi connectivity index (χ2n) is 6.04. The summed E-state index contributed by atoms with van der Waals surface area (Å²) in [6.45, 7) is 6.32. The van der Waals surface area contributed by atoms with Crippen LogP contribution in [-0.4, -0.2) is 49.3 Å². The maximum absolute atomic E-state index is 12.2. The molecule has 1 fully saturated rings. The highest BCUT2D eigenvalue weighted by molar-refractivity contribution is 5.69. The number of aromatic nitrogens is 4. The summed E-state index contributed by atoms with van der Waals surface area (Å²) in [5, 5.41) is 0. The van der Waals surface area contributed by atoms with Gasteiger partial charge >= 0.3 is 5.69 Å². The van der Waals surface area contributed by atoms with Crippen molar-refractivity contribution in [2.45, 2.75) is 32.6 Å². The summed E-state index contributed by atoms with van der Waals surface area (Å²) in [4.78, 5) is 33.8. The highest BCUT2D eigenvalue weighted by Crippen LogP contribution is 2.14. The van der Waals surface area contributed by atoms with Crippen molar-refractivity contribution in [3.8, 4) is 0 Å². The maximum Gasteiger partial charge on any atom is 0.332 e. The van der Waals surface area contributed by atoms with E-state index in [-0.39, 0.29) is 23.5 Å². The number of imidazole rings is 1. The Kier molecular flexibility index (Phi) is 3.65. The van der Waals surface area contributed by atoms with Gasteiger partial charge in [0.25, 0.3) is 5.56 Å². The van der Waals surface area contributed by atoms with Crippen molar-refractivity contribution < 1.29 is 4.74 Å². The molecule has 1 aliphatic rings. The van der Waals surface area contributed by atoms with E-state index in [4.69, 9.17) is 4.74 Å². The van der Waals surface area contributed by atoms with E-state index in [9.17, 15) is 9.59 Å². The lowest BCUT2D eigenvalue weighted by molar-refractivity contribution is -0.0710. The van der Waals surface area contributed by atoms with E-state index in [0.717, 1.165) is 17.7 Å².